The van der Waals surface area contributed by atoms with Gasteiger partial charge in [0.25, 0.3) is 0 Å². The van der Waals surface area contributed by atoms with Gasteiger partial charge in [0, 0.05) is 12.6 Å². The SMILES string of the molecule is CCCc1cc(OCc2ccccc2)n(CC2CCCC2)n1. The molecule has 1 fully saturated rings. The van der Waals surface area contributed by atoms with Crippen molar-refractivity contribution in [2.75, 3.05) is 0 Å². The highest BCUT2D eigenvalue weighted by Gasteiger charge is 2.18. The lowest BCUT2D eigenvalue weighted by molar-refractivity contribution is 0.261. The van der Waals surface area contributed by atoms with Crippen LogP contribution in [0.25, 0.3) is 0 Å². The van der Waals surface area contributed by atoms with Crippen LogP contribution in [0.3, 0.4) is 0 Å². The average molecular weight is 298 g/mol. The molecule has 0 radical (unpaired) electrons. The predicted molar refractivity (Wildman–Crippen MR) is 89.0 cm³/mol. The molecule has 0 saturated heterocycles. The van der Waals surface area contributed by atoms with Crippen molar-refractivity contribution in [2.24, 2.45) is 5.92 Å². The quantitative estimate of drug-likeness (QED) is 0.746. The molecule has 22 heavy (non-hydrogen) atoms. The maximum atomic E-state index is 6.06. The standard InChI is InChI=1S/C19H26N2O/c1-2-8-18-13-19(22-15-17-11-4-3-5-12-17)21(20-18)14-16-9-6-7-10-16/h3-5,11-13,16H,2,6-10,14-15H2,1H3. The molecule has 0 unspecified atom stereocenters. The normalized spacial score (nSPS) is 15.3. The second-order valence-electron chi connectivity index (χ2n) is 6.33. The second kappa shape index (κ2) is 7.48. The van der Waals surface area contributed by atoms with Gasteiger partial charge in [0.05, 0.1) is 5.69 Å². The van der Waals surface area contributed by atoms with Gasteiger partial charge in [-0.3, -0.25) is 0 Å². The minimum atomic E-state index is 0.614. The lowest BCUT2D eigenvalue weighted by Crippen LogP contribution is -2.11. The van der Waals surface area contributed by atoms with Crippen molar-refractivity contribution >= 4 is 0 Å². The molecule has 0 N–H and O–H groups in total. The molecule has 3 heteroatoms. The number of aromatic nitrogens is 2. The summed E-state index contributed by atoms with van der Waals surface area (Å²) in [6.07, 6.45) is 7.56. The van der Waals surface area contributed by atoms with Gasteiger partial charge < -0.3 is 4.74 Å². The molecule has 0 amide bonds. The van der Waals surface area contributed by atoms with E-state index in [1.165, 1.54) is 31.2 Å². The Labute approximate surface area is 133 Å². The monoisotopic (exact) mass is 298 g/mol. The van der Waals surface area contributed by atoms with Gasteiger partial charge in [0.1, 0.15) is 6.61 Å². The van der Waals surface area contributed by atoms with Gasteiger partial charge in [0.2, 0.25) is 5.88 Å². The molecule has 1 aromatic heterocycles. The molecule has 0 atom stereocenters. The number of benzene rings is 1. The highest BCUT2D eigenvalue weighted by Crippen LogP contribution is 2.28. The van der Waals surface area contributed by atoms with E-state index in [1.54, 1.807) is 0 Å². The summed E-state index contributed by atoms with van der Waals surface area (Å²) in [5.74, 6) is 1.70. The maximum absolute atomic E-state index is 6.06. The van der Waals surface area contributed by atoms with Crippen molar-refractivity contribution in [3.05, 3.63) is 47.7 Å². The van der Waals surface area contributed by atoms with Gasteiger partial charge in [-0.2, -0.15) is 5.10 Å². The highest BCUT2D eigenvalue weighted by atomic mass is 16.5. The van der Waals surface area contributed by atoms with Crippen molar-refractivity contribution in [1.29, 1.82) is 0 Å². The molecule has 1 saturated carbocycles. The Kier molecular flexibility index (Phi) is 5.15. The average Bonchev–Trinajstić information content (AvgIpc) is 3.17. The van der Waals surface area contributed by atoms with Crippen LogP contribution >= 0.6 is 0 Å². The lowest BCUT2D eigenvalue weighted by Gasteiger charge is -2.13. The van der Waals surface area contributed by atoms with Gasteiger partial charge in [-0.25, -0.2) is 4.68 Å². The summed E-state index contributed by atoms with van der Waals surface area (Å²) in [7, 11) is 0. The van der Waals surface area contributed by atoms with Gasteiger partial charge in [-0.15, -0.1) is 0 Å². The van der Waals surface area contributed by atoms with E-state index in [0.717, 1.165) is 36.9 Å². The van der Waals surface area contributed by atoms with Crippen molar-refractivity contribution in [2.45, 2.75) is 58.6 Å². The Hall–Kier alpha value is -1.77. The largest absolute Gasteiger partial charge is 0.473 e. The molecule has 3 rings (SSSR count). The molecule has 1 aliphatic carbocycles. The first-order chi connectivity index (χ1) is 10.8. The lowest BCUT2D eigenvalue weighted by atomic mass is 10.1. The number of hydrogen-bond donors (Lipinski definition) is 0. The molecule has 1 aliphatic rings. The van der Waals surface area contributed by atoms with Gasteiger partial charge >= 0.3 is 0 Å². The van der Waals surface area contributed by atoms with Gasteiger partial charge in [-0.05, 0) is 30.7 Å². The molecule has 0 spiro atoms. The molecule has 1 heterocycles. The first kappa shape index (κ1) is 15.1. The van der Waals surface area contributed by atoms with E-state index < -0.39 is 0 Å². The number of hydrogen-bond acceptors (Lipinski definition) is 2. The Balaban J connectivity index is 1.69. The first-order valence-electron chi connectivity index (χ1n) is 8.58. The zero-order valence-corrected chi connectivity index (χ0v) is 13.5. The van der Waals surface area contributed by atoms with Crippen LogP contribution in [0.2, 0.25) is 0 Å². The minimum absolute atomic E-state index is 0.614. The van der Waals surface area contributed by atoms with E-state index in [2.05, 4.69) is 41.9 Å². The summed E-state index contributed by atoms with van der Waals surface area (Å²) in [4.78, 5) is 0. The zero-order chi connectivity index (χ0) is 15.2. The van der Waals surface area contributed by atoms with Crippen LogP contribution in [0.5, 0.6) is 5.88 Å². The maximum Gasteiger partial charge on any atom is 0.212 e. The van der Waals surface area contributed by atoms with Crippen LogP contribution in [-0.2, 0) is 19.6 Å². The fraction of sp³-hybridized carbons (Fsp3) is 0.526. The fourth-order valence-corrected chi connectivity index (χ4v) is 3.24. The molecule has 3 nitrogen and oxygen atoms in total. The van der Waals surface area contributed by atoms with Crippen LogP contribution in [0.1, 0.15) is 50.3 Å². The summed E-state index contributed by atoms with van der Waals surface area (Å²) in [5.41, 5.74) is 2.36. The number of ether oxygens (including phenoxy) is 1. The van der Waals surface area contributed by atoms with Crippen molar-refractivity contribution in [3.63, 3.8) is 0 Å². The van der Waals surface area contributed by atoms with E-state index in [4.69, 9.17) is 9.84 Å². The summed E-state index contributed by atoms with van der Waals surface area (Å²) in [6, 6.07) is 12.5. The number of aryl methyl sites for hydroxylation is 1. The Morgan fingerprint density at radius 1 is 1.18 bits per heavy atom. The molecule has 0 bridgehead atoms. The smallest absolute Gasteiger partial charge is 0.212 e. The van der Waals surface area contributed by atoms with Crippen LogP contribution < -0.4 is 4.74 Å². The molecule has 0 aliphatic heterocycles. The summed E-state index contributed by atoms with van der Waals surface area (Å²) in [5, 5.41) is 4.77. The molecule has 118 valence electrons. The van der Waals surface area contributed by atoms with Crippen molar-refractivity contribution in [3.8, 4) is 5.88 Å². The van der Waals surface area contributed by atoms with Crippen LogP contribution in [0, 0.1) is 5.92 Å². The third-order valence-electron chi connectivity index (χ3n) is 4.44. The topological polar surface area (TPSA) is 27.1 Å². The number of nitrogens with zero attached hydrogens (tertiary/aromatic N) is 2. The second-order valence-corrected chi connectivity index (χ2v) is 6.33. The third kappa shape index (κ3) is 3.90. The van der Waals surface area contributed by atoms with E-state index in [1.807, 2.05) is 6.07 Å². The molecular weight excluding hydrogens is 272 g/mol. The zero-order valence-electron chi connectivity index (χ0n) is 13.5. The van der Waals surface area contributed by atoms with Crippen molar-refractivity contribution in [1.82, 2.24) is 9.78 Å². The van der Waals surface area contributed by atoms with Crippen LogP contribution in [0.4, 0.5) is 0 Å². The van der Waals surface area contributed by atoms with Crippen molar-refractivity contribution < 1.29 is 4.74 Å². The van der Waals surface area contributed by atoms with E-state index in [9.17, 15) is 0 Å². The number of rotatable bonds is 7. The highest BCUT2D eigenvalue weighted by molar-refractivity contribution is 5.19. The first-order valence-corrected chi connectivity index (χ1v) is 8.58. The van der Waals surface area contributed by atoms with E-state index in [0.29, 0.717) is 6.61 Å². The fourth-order valence-electron chi connectivity index (χ4n) is 3.24. The predicted octanol–water partition coefficient (Wildman–Crippen LogP) is 4.60. The summed E-state index contributed by atoms with van der Waals surface area (Å²) >= 11 is 0. The molecule has 2 aromatic rings. The Bertz CT molecular complexity index is 570. The molecular formula is C19H26N2O. The van der Waals surface area contributed by atoms with E-state index in [-0.39, 0.29) is 0 Å². The molecule has 1 aromatic carbocycles. The van der Waals surface area contributed by atoms with Gasteiger partial charge in [0.15, 0.2) is 0 Å². The van der Waals surface area contributed by atoms with Crippen LogP contribution in [-0.4, -0.2) is 9.78 Å². The Morgan fingerprint density at radius 2 is 1.95 bits per heavy atom. The third-order valence-corrected chi connectivity index (χ3v) is 4.44. The minimum Gasteiger partial charge on any atom is -0.473 e. The Morgan fingerprint density at radius 3 is 2.68 bits per heavy atom. The summed E-state index contributed by atoms with van der Waals surface area (Å²) < 4.78 is 8.16. The van der Waals surface area contributed by atoms with Crippen LogP contribution in [0.15, 0.2) is 36.4 Å². The van der Waals surface area contributed by atoms with E-state index >= 15 is 0 Å². The summed E-state index contributed by atoms with van der Waals surface area (Å²) in [6.45, 7) is 3.82. The van der Waals surface area contributed by atoms with Gasteiger partial charge in [-0.1, -0.05) is 56.5 Å².